The lowest BCUT2D eigenvalue weighted by atomic mass is 9.97. The van der Waals surface area contributed by atoms with Crippen LogP contribution in [0, 0.1) is 0 Å². The van der Waals surface area contributed by atoms with Gasteiger partial charge in [-0.2, -0.15) is 0 Å². The first-order valence-corrected chi connectivity index (χ1v) is 11.5. The molecule has 36 heavy (non-hydrogen) atoms. The number of hydrogen-bond acceptors (Lipinski definition) is 7. The minimum atomic E-state index is -0.826. The third kappa shape index (κ3) is 6.28. The molecule has 0 radical (unpaired) electrons. The zero-order valence-electron chi connectivity index (χ0n) is 20.3. The largest absolute Gasteiger partial charge is 0.455 e. The van der Waals surface area contributed by atoms with E-state index in [-0.39, 0.29) is 31.2 Å². The maximum Gasteiger partial charge on any atom is 0.330 e. The number of aromatic amines is 1. The Morgan fingerprint density at radius 2 is 1.69 bits per heavy atom. The van der Waals surface area contributed by atoms with Crippen LogP contribution in [0.2, 0.25) is 0 Å². The number of amides is 1. The molecule has 1 atom stereocenters. The quantitative estimate of drug-likeness (QED) is 0.388. The number of nitrogen functional groups attached to an aromatic ring is 1. The first-order chi connectivity index (χ1) is 17.4. The highest BCUT2D eigenvalue weighted by Crippen LogP contribution is 2.22. The Kier molecular flexibility index (Phi) is 9.18. The van der Waals surface area contributed by atoms with Gasteiger partial charge in [-0.15, -0.1) is 0 Å². The SMILES string of the molecule is CC[C@@H](C(=O)OCC(=O)N(CCOC)c1c(N)n(Cc2ccccc2)c(=O)[nH]c1=O)c1ccccc1. The van der Waals surface area contributed by atoms with Gasteiger partial charge in [-0.3, -0.25) is 28.8 Å². The topological polar surface area (TPSA) is 137 Å². The van der Waals surface area contributed by atoms with Crippen molar-refractivity contribution in [3.63, 3.8) is 0 Å². The summed E-state index contributed by atoms with van der Waals surface area (Å²) in [4.78, 5) is 54.5. The van der Waals surface area contributed by atoms with Crippen LogP contribution in [0.25, 0.3) is 0 Å². The van der Waals surface area contributed by atoms with Gasteiger partial charge >= 0.3 is 11.7 Å². The molecule has 0 spiro atoms. The van der Waals surface area contributed by atoms with E-state index in [0.29, 0.717) is 6.42 Å². The van der Waals surface area contributed by atoms with E-state index in [0.717, 1.165) is 16.0 Å². The van der Waals surface area contributed by atoms with E-state index < -0.39 is 35.7 Å². The predicted molar refractivity (Wildman–Crippen MR) is 136 cm³/mol. The molecule has 1 aromatic heterocycles. The van der Waals surface area contributed by atoms with Gasteiger partial charge in [0.15, 0.2) is 12.3 Å². The van der Waals surface area contributed by atoms with Crippen molar-refractivity contribution in [1.82, 2.24) is 9.55 Å². The molecule has 0 aliphatic carbocycles. The molecule has 0 saturated carbocycles. The van der Waals surface area contributed by atoms with Crippen molar-refractivity contribution in [2.24, 2.45) is 0 Å². The number of esters is 1. The van der Waals surface area contributed by atoms with Crippen molar-refractivity contribution in [3.8, 4) is 0 Å². The smallest absolute Gasteiger partial charge is 0.330 e. The monoisotopic (exact) mass is 494 g/mol. The van der Waals surface area contributed by atoms with Gasteiger partial charge in [0, 0.05) is 13.7 Å². The highest BCUT2D eigenvalue weighted by Gasteiger charge is 2.27. The summed E-state index contributed by atoms with van der Waals surface area (Å²) in [5.74, 6) is -1.95. The number of nitrogens with two attached hydrogens (primary N) is 1. The summed E-state index contributed by atoms with van der Waals surface area (Å²) in [6, 6.07) is 18.2. The number of carbonyl (C=O) groups excluding carboxylic acids is 2. The molecule has 0 bridgehead atoms. The number of benzene rings is 2. The van der Waals surface area contributed by atoms with Crippen LogP contribution in [0.5, 0.6) is 0 Å². The van der Waals surface area contributed by atoms with Gasteiger partial charge < -0.3 is 15.2 Å². The maximum atomic E-state index is 13.2. The first-order valence-electron chi connectivity index (χ1n) is 11.5. The molecule has 0 aliphatic heterocycles. The van der Waals surface area contributed by atoms with Gasteiger partial charge in [0.05, 0.1) is 19.1 Å². The Bertz CT molecular complexity index is 1290. The molecule has 0 unspecified atom stereocenters. The van der Waals surface area contributed by atoms with Crippen LogP contribution in [0.1, 0.15) is 30.4 Å². The van der Waals surface area contributed by atoms with Crippen LogP contribution in [0.15, 0.2) is 70.3 Å². The number of carbonyl (C=O) groups is 2. The molecule has 10 nitrogen and oxygen atoms in total. The maximum absolute atomic E-state index is 13.2. The number of H-pyrrole nitrogens is 1. The molecule has 0 fully saturated rings. The van der Waals surface area contributed by atoms with Crippen molar-refractivity contribution in [1.29, 1.82) is 0 Å². The summed E-state index contributed by atoms with van der Waals surface area (Å²) in [7, 11) is 1.44. The number of methoxy groups -OCH3 is 1. The molecule has 190 valence electrons. The van der Waals surface area contributed by atoms with E-state index in [1.54, 1.807) is 12.1 Å². The van der Waals surface area contributed by atoms with E-state index in [2.05, 4.69) is 4.98 Å². The predicted octanol–water partition coefficient (Wildman–Crippen LogP) is 1.88. The second-order valence-corrected chi connectivity index (χ2v) is 8.08. The summed E-state index contributed by atoms with van der Waals surface area (Å²) >= 11 is 0. The van der Waals surface area contributed by atoms with Crippen LogP contribution in [-0.2, 0) is 25.6 Å². The number of nitrogens with zero attached hydrogens (tertiary/aromatic N) is 2. The lowest BCUT2D eigenvalue weighted by Gasteiger charge is -2.24. The molecule has 3 aromatic rings. The Labute approximate surface area is 208 Å². The molecule has 2 aromatic carbocycles. The van der Waals surface area contributed by atoms with Crippen molar-refractivity contribution >= 4 is 23.4 Å². The molecule has 10 heteroatoms. The molecule has 0 saturated heterocycles. The molecule has 3 N–H and O–H groups in total. The second kappa shape index (κ2) is 12.5. The number of anilines is 2. The summed E-state index contributed by atoms with van der Waals surface area (Å²) in [5.41, 5.74) is 6.06. The van der Waals surface area contributed by atoms with E-state index in [1.807, 2.05) is 55.5 Å². The van der Waals surface area contributed by atoms with Crippen molar-refractivity contribution in [2.45, 2.75) is 25.8 Å². The molecular weight excluding hydrogens is 464 g/mol. The van der Waals surface area contributed by atoms with Gasteiger partial charge in [0.25, 0.3) is 11.5 Å². The fourth-order valence-electron chi connectivity index (χ4n) is 3.84. The standard InChI is InChI=1S/C26H30N4O6/c1-3-20(19-12-8-5-9-13-19)25(33)36-17-21(31)29(14-15-35-2)22-23(27)30(26(34)28-24(22)32)16-18-10-6-4-7-11-18/h4-13,20H,3,14-17,27H2,1-2H3,(H,28,32,34)/t20-/m1/s1. The van der Waals surface area contributed by atoms with Crippen LogP contribution >= 0.6 is 0 Å². The minimum Gasteiger partial charge on any atom is -0.455 e. The number of aromatic nitrogens is 2. The molecule has 0 aliphatic rings. The van der Waals surface area contributed by atoms with Crippen molar-refractivity contribution in [2.75, 3.05) is 37.5 Å². The minimum absolute atomic E-state index is 0.0421. The highest BCUT2D eigenvalue weighted by atomic mass is 16.5. The van der Waals surface area contributed by atoms with Gasteiger partial charge in [0.1, 0.15) is 5.82 Å². The zero-order chi connectivity index (χ0) is 26.1. The van der Waals surface area contributed by atoms with Gasteiger partial charge in [-0.05, 0) is 17.5 Å². The summed E-state index contributed by atoms with van der Waals surface area (Å²) in [6.07, 6.45) is 0.488. The summed E-state index contributed by atoms with van der Waals surface area (Å²) < 4.78 is 11.6. The van der Waals surface area contributed by atoms with Gasteiger partial charge in [-0.1, -0.05) is 67.6 Å². The van der Waals surface area contributed by atoms with E-state index in [4.69, 9.17) is 15.2 Å². The van der Waals surface area contributed by atoms with Gasteiger partial charge in [0.2, 0.25) is 0 Å². The molecule has 1 amide bonds. The third-order valence-electron chi connectivity index (χ3n) is 5.72. The average molecular weight is 495 g/mol. The lowest BCUT2D eigenvalue weighted by molar-refractivity contribution is -0.149. The van der Waals surface area contributed by atoms with Crippen LogP contribution in [0.3, 0.4) is 0 Å². The van der Waals surface area contributed by atoms with E-state index in [9.17, 15) is 19.2 Å². The fraction of sp³-hybridized carbons (Fsp3) is 0.308. The van der Waals surface area contributed by atoms with E-state index in [1.165, 1.54) is 11.7 Å². The number of ether oxygens (including phenoxy) is 2. The van der Waals surface area contributed by atoms with Gasteiger partial charge in [-0.25, -0.2) is 4.79 Å². The average Bonchev–Trinajstić information content (AvgIpc) is 2.88. The van der Waals surface area contributed by atoms with Crippen LogP contribution in [-0.4, -0.2) is 48.3 Å². The normalized spacial score (nSPS) is 11.6. The number of nitrogens with one attached hydrogen (secondary N) is 1. The fourth-order valence-corrected chi connectivity index (χ4v) is 3.84. The third-order valence-corrected chi connectivity index (χ3v) is 5.72. The van der Waals surface area contributed by atoms with Crippen LogP contribution in [0.4, 0.5) is 11.5 Å². The highest BCUT2D eigenvalue weighted by molar-refractivity contribution is 5.97. The molecule has 1 heterocycles. The van der Waals surface area contributed by atoms with Crippen molar-refractivity contribution < 1.29 is 19.1 Å². The Hall–Kier alpha value is -4.18. The Morgan fingerprint density at radius 1 is 1.06 bits per heavy atom. The second-order valence-electron chi connectivity index (χ2n) is 8.08. The first kappa shape index (κ1) is 26.4. The Balaban J connectivity index is 1.87. The number of hydrogen-bond donors (Lipinski definition) is 2. The van der Waals surface area contributed by atoms with Crippen LogP contribution < -0.4 is 21.9 Å². The zero-order valence-corrected chi connectivity index (χ0v) is 20.3. The summed E-state index contributed by atoms with van der Waals surface area (Å²) in [5, 5.41) is 0. The summed E-state index contributed by atoms with van der Waals surface area (Å²) in [6.45, 7) is 1.37. The molecular formula is C26H30N4O6. The Morgan fingerprint density at radius 3 is 2.31 bits per heavy atom. The number of rotatable bonds is 11. The lowest BCUT2D eigenvalue weighted by Crippen LogP contribution is -2.44. The molecule has 3 rings (SSSR count). The van der Waals surface area contributed by atoms with Crippen molar-refractivity contribution in [3.05, 3.63) is 92.6 Å². The van der Waals surface area contributed by atoms with E-state index >= 15 is 0 Å².